The van der Waals surface area contributed by atoms with Crippen LogP contribution < -0.4 is 15.0 Å². The fraction of sp³-hybridized carbons (Fsp3) is 0.333. The van der Waals surface area contributed by atoms with Gasteiger partial charge in [-0.2, -0.15) is 0 Å². The molecular weight excluding hydrogens is 436 g/mol. The van der Waals surface area contributed by atoms with Crippen LogP contribution in [0.1, 0.15) is 23.0 Å². The van der Waals surface area contributed by atoms with Crippen LogP contribution in [-0.2, 0) is 11.3 Å². The molecule has 0 bridgehead atoms. The molecule has 2 aromatic carbocycles. The molecular formula is C24H26N6O4. The fourth-order valence-corrected chi connectivity index (χ4v) is 4.36. The smallest absolute Gasteiger partial charge is 0.253 e. The minimum atomic E-state index is -0.441. The lowest BCUT2D eigenvalue weighted by Crippen LogP contribution is -2.42. The summed E-state index contributed by atoms with van der Waals surface area (Å²) in [5.41, 5.74) is 2.09. The lowest BCUT2D eigenvalue weighted by molar-refractivity contribution is 0.0214. The Labute approximate surface area is 196 Å². The third-order valence-electron chi connectivity index (χ3n) is 6.06. The topological polar surface area (TPSA) is 107 Å². The number of aromatic nitrogens is 5. The van der Waals surface area contributed by atoms with E-state index in [-0.39, 0.29) is 5.56 Å². The normalized spacial score (nSPS) is 15.4. The Morgan fingerprint density at radius 3 is 2.53 bits per heavy atom. The zero-order valence-electron chi connectivity index (χ0n) is 19.1. The largest absolute Gasteiger partial charge is 0.493 e. The number of benzene rings is 2. The van der Waals surface area contributed by atoms with Gasteiger partial charge in [0.1, 0.15) is 6.04 Å². The van der Waals surface area contributed by atoms with Crippen molar-refractivity contribution >= 4 is 10.9 Å². The molecule has 1 N–H and O–H groups in total. The number of ether oxygens (including phenoxy) is 3. The Morgan fingerprint density at radius 1 is 1.06 bits per heavy atom. The number of fused-ring (bicyclic) bond motifs is 1. The summed E-state index contributed by atoms with van der Waals surface area (Å²) < 4.78 is 18.2. The monoisotopic (exact) mass is 462 g/mol. The Morgan fingerprint density at radius 2 is 1.79 bits per heavy atom. The molecule has 0 aliphatic carbocycles. The second kappa shape index (κ2) is 9.62. The molecule has 0 spiro atoms. The number of H-pyrrole nitrogens is 1. The highest BCUT2D eigenvalue weighted by molar-refractivity contribution is 5.83. The molecule has 1 unspecified atom stereocenters. The minimum Gasteiger partial charge on any atom is -0.493 e. The summed E-state index contributed by atoms with van der Waals surface area (Å²) in [4.78, 5) is 18.6. The fourth-order valence-electron chi connectivity index (χ4n) is 4.36. The van der Waals surface area contributed by atoms with Gasteiger partial charge < -0.3 is 19.2 Å². The first-order valence-corrected chi connectivity index (χ1v) is 11.1. The number of nitrogens with one attached hydrogen (secondary N) is 1. The Balaban J connectivity index is 1.63. The second-order valence-electron chi connectivity index (χ2n) is 8.08. The summed E-state index contributed by atoms with van der Waals surface area (Å²) in [5, 5.41) is 13.4. The van der Waals surface area contributed by atoms with Crippen LogP contribution in [0.4, 0.5) is 0 Å². The van der Waals surface area contributed by atoms with Crippen LogP contribution in [-0.4, -0.2) is 70.6 Å². The van der Waals surface area contributed by atoms with Crippen molar-refractivity contribution in [3.8, 4) is 11.5 Å². The Hall–Kier alpha value is -3.76. The summed E-state index contributed by atoms with van der Waals surface area (Å²) in [6.07, 6.45) is 0. The summed E-state index contributed by atoms with van der Waals surface area (Å²) in [5.74, 6) is 1.75. The second-order valence-corrected chi connectivity index (χ2v) is 8.08. The van der Waals surface area contributed by atoms with Crippen molar-refractivity contribution in [3.05, 3.63) is 75.8 Å². The third-order valence-corrected chi connectivity index (χ3v) is 6.06. The Kier molecular flexibility index (Phi) is 6.24. The maximum Gasteiger partial charge on any atom is 0.253 e. The van der Waals surface area contributed by atoms with Gasteiger partial charge in [0.25, 0.3) is 5.56 Å². The van der Waals surface area contributed by atoms with Crippen LogP contribution >= 0.6 is 0 Å². The summed E-state index contributed by atoms with van der Waals surface area (Å²) >= 11 is 0. The third kappa shape index (κ3) is 4.25. The molecule has 176 valence electrons. The van der Waals surface area contributed by atoms with Crippen molar-refractivity contribution < 1.29 is 14.2 Å². The van der Waals surface area contributed by atoms with E-state index in [0.717, 1.165) is 10.9 Å². The molecule has 1 atom stereocenters. The average Bonchev–Trinajstić information content (AvgIpc) is 3.32. The molecule has 0 amide bonds. The molecule has 34 heavy (non-hydrogen) atoms. The summed E-state index contributed by atoms with van der Waals surface area (Å²) in [7, 11) is 3.15. The van der Waals surface area contributed by atoms with Gasteiger partial charge in [0.2, 0.25) is 0 Å². The van der Waals surface area contributed by atoms with E-state index in [1.165, 1.54) is 0 Å². The molecule has 4 aromatic rings. The molecule has 10 nitrogen and oxygen atoms in total. The molecule has 1 aliphatic rings. The zero-order chi connectivity index (χ0) is 23.5. The van der Waals surface area contributed by atoms with Crippen molar-refractivity contribution in [2.24, 2.45) is 0 Å². The van der Waals surface area contributed by atoms with Crippen LogP contribution in [0.15, 0.2) is 53.3 Å². The van der Waals surface area contributed by atoms with E-state index < -0.39 is 6.04 Å². The van der Waals surface area contributed by atoms with Crippen LogP contribution in [0.25, 0.3) is 10.9 Å². The van der Waals surface area contributed by atoms with E-state index in [1.54, 1.807) is 25.0 Å². The van der Waals surface area contributed by atoms with E-state index in [2.05, 4.69) is 25.4 Å². The maximum absolute atomic E-state index is 13.4. The van der Waals surface area contributed by atoms with E-state index in [1.807, 2.05) is 42.5 Å². The summed E-state index contributed by atoms with van der Waals surface area (Å²) in [6.45, 7) is 2.97. The molecule has 1 fully saturated rings. The van der Waals surface area contributed by atoms with Crippen LogP contribution in [0.3, 0.4) is 0 Å². The molecule has 10 heteroatoms. The van der Waals surface area contributed by atoms with Crippen LogP contribution in [0.2, 0.25) is 0 Å². The quantitative estimate of drug-likeness (QED) is 0.444. The van der Waals surface area contributed by atoms with E-state index >= 15 is 0 Å². The average molecular weight is 463 g/mol. The van der Waals surface area contributed by atoms with E-state index in [4.69, 9.17) is 14.2 Å². The van der Waals surface area contributed by atoms with Gasteiger partial charge in [-0.25, -0.2) is 4.68 Å². The number of tetrazole rings is 1. The number of nitrogens with zero attached hydrogens (tertiary/aromatic N) is 5. The highest BCUT2D eigenvalue weighted by atomic mass is 16.5. The van der Waals surface area contributed by atoms with E-state index in [9.17, 15) is 4.79 Å². The number of morpholine rings is 1. The number of hydrogen-bond donors (Lipinski definition) is 1. The van der Waals surface area contributed by atoms with Gasteiger partial charge in [0, 0.05) is 30.1 Å². The predicted octanol–water partition coefficient (Wildman–Crippen LogP) is 2.00. The number of pyridine rings is 1. The standard InChI is InChI=1S/C24H26N6O4/c1-32-20-13-17-12-18(24(31)25-19(17)14-21(20)33-2)22(29-8-10-34-11-9-29)23-26-27-28-30(23)15-16-6-4-3-5-7-16/h3-7,12-14,22H,8-11,15H2,1-2H3,(H,25,31). The van der Waals surface area contributed by atoms with Gasteiger partial charge in [-0.05, 0) is 28.1 Å². The lowest BCUT2D eigenvalue weighted by Gasteiger charge is -2.33. The van der Waals surface area contributed by atoms with Crippen molar-refractivity contribution in [2.45, 2.75) is 12.6 Å². The first-order chi connectivity index (χ1) is 16.7. The number of rotatable bonds is 7. The minimum absolute atomic E-state index is 0.203. The van der Waals surface area contributed by atoms with Crippen LogP contribution in [0.5, 0.6) is 11.5 Å². The molecule has 3 heterocycles. The van der Waals surface area contributed by atoms with Crippen molar-refractivity contribution in [1.29, 1.82) is 0 Å². The highest BCUT2D eigenvalue weighted by Gasteiger charge is 2.31. The first-order valence-electron chi connectivity index (χ1n) is 11.1. The van der Waals surface area contributed by atoms with Gasteiger partial charge >= 0.3 is 0 Å². The lowest BCUT2D eigenvalue weighted by atomic mass is 10.0. The van der Waals surface area contributed by atoms with Gasteiger partial charge in [0.15, 0.2) is 17.3 Å². The van der Waals surface area contributed by atoms with Gasteiger partial charge in [0.05, 0.1) is 39.5 Å². The summed E-state index contributed by atoms with van der Waals surface area (Å²) in [6, 6.07) is 15.1. The van der Waals surface area contributed by atoms with Gasteiger partial charge in [-0.3, -0.25) is 9.69 Å². The molecule has 1 aliphatic heterocycles. The van der Waals surface area contributed by atoms with Crippen molar-refractivity contribution in [1.82, 2.24) is 30.1 Å². The van der Waals surface area contributed by atoms with Crippen LogP contribution in [0, 0.1) is 0 Å². The predicted molar refractivity (Wildman–Crippen MR) is 125 cm³/mol. The van der Waals surface area contributed by atoms with Gasteiger partial charge in [-0.15, -0.1) is 5.10 Å². The Bertz CT molecular complexity index is 1330. The molecule has 1 saturated heterocycles. The van der Waals surface area contributed by atoms with Gasteiger partial charge in [-0.1, -0.05) is 30.3 Å². The molecule has 2 aromatic heterocycles. The number of hydrogen-bond acceptors (Lipinski definition) is 8. The maximum atomic E-state index is 13.4. The SMILES string of the molecule is COc1cc2cc(C(c3nnnn3Cc3ccccc3)N3CCOCC3)c(=O)[nH]c2cc1OC. The number of aromatic amines is 1. The first kappa shape index (κ1) is 22.1. The zero-order valence-corrected chi connectivity index (χ0v) is 19.1. The van der Waals surface area contributed by atoms with Crippen molar-refractivity contribution in [2.75, 3.05) is 40.5 Å². The van der Waals surface area contributed by atoms with Crippen molar-refractivity contribution in [3.63, 3.8) is 0 Å². The highest BCUT2D eigenvalue weighted by Crippen LogP contribution is 2.33. The number of methoxy groups -OCH3 is 2. The van der Waals surface area contributed by atoms with E-state index in [0.29, 0.717) is 61.3 Å². The molecule has 5 rings (SSSR count). The molecule has 0 saturated carbocycles. The molecule has 0 radical (unpaired) electrons.